The number of rotatable bonds is 5. The summed E-state index contributed by atoms with van der Waals surface area (Å²) >= 11 is 0. The van der Waals surface area contributed by atoms with E-state index in [0.717, 1.165) is 0 Å². The normalized spacial score (nSPS) is 14.7. The molecule has 5 heteroatoms. The van der Waals surface area contributed by atoms with Gasteiger partial charge in [0.05, 0.1) is 13.0 Å². The van der Waals surface area contributed by atoms with E-state index in [2.05, 4.69) is 4.74 Å². The van der Waals surface area contributed by atoms with Crippen molar-refractivity contribution >= 4 is 11.9 Å². The zero-order chi connectivity index (χ0) is 10.5. The van der Waals surface area contributed by atoms with E-state index in [1.54, 1.807) is 13.8 Å². The highest BCUT2D eigenvalue weighted by Crippen LogP contribution is 2.12. The summed E-state index contributed by atoms with van der Waals surface area (Å²) in [6.45, 7) is 3.51. The van der Waals surface area contributed by atoms with Gasteiger partial charge in [0.15, 0.2) is 0 Å². The van der Waals surface area contributed by atoms with E-state index in [1.165, 1.54) is 0 Å². The van der Waals surface area contributed by atoms with Gasteiger partial charge in [-0.15, -0.1) is 0 Å². The Kier molecular flexibility index (Phi) is 4.40. The first-order chi connectivity index (χ1) is 5.96. The van der Waals surface area contributed by atoms with Crippen LogP contribution in [0.25, 0.3) is 0 Å². The molecule has 0 saturated carbocycles. The van der Waals surface area contributed by atoms with Crippen LogP contribution in [0.15, 0.2) is 0 Å². The highest BCUT2D eigenvalue weighted by molar-refractivity contribution is 5.85. The van der Waals surface area contributed by atoms with E-state index in [-0.39, 0.29) is 19.4 Å². The summed E-state index contributed by atoms with van der Waals surface area (Å²) in [6.07, 6.45) is -0.0895. The van der Waals surface area contributed by atoms with E-state index in [4.69, 9.17) is 10.8 Å². The van der Waals surface area contributed by atoms with Gasteiger partial charge in [0, 0.05) is 0 Å². The van der Waals surface area contributed by atoms with Gasteiger partial charge in [0.1, 0.15) is 5.54 Å². The van der Waals surface area contributed by atoms with Crippen molar-refractivity contribution in [3.8, 4) is 0 Å². The van der Waals surface area contributed by atoms with E-state index < -0.39 is 17.5 Å². The second-order valence-corrected chi connectivity index (χ2v) is 2.80. The molecule has 0 fully saturated rings. The Labute approximate surface area is 76.9 Å². The molecule has 0 rings (SSSR count). The topological polar surface area (TPSA) is 89.6 Å². The van der Waals surface area contributed by atoms with Gasteiger partial charge in [-0.25, -0.2) is 0 Å². The Morgan fingerprint density at radius 3 is 2.31 bits per heavy atom. The van der Waals surface area contributed by atoms with Crippen LogP contribution in [-0.4, -0.2) is 29.2 Å². The number of carboxylic acid groups (broad SMARTS) is 1. The molecule has 5 nitrogen and oxygen atoms in total. The molecule has 0 heterocycles. The predicted molar refractivity (Wildman–Crippen MR) is 46.1 cm³/mol. The molecule has 0 amide bonds. The van der Waals surface area contributed by atoms with E-state index in [9.17, 15) is 9.59 Å². The van der Waals surface area contributed by atoms with Gasteiger partial charge in [-0.05, 0) is 13.3 Å². The number of ether oxygens (including phenoxy) is 1. The van der Waals surface area contributed by atoms with E-state index in [1.807, 2.05) is 0 Å². The molecule has 0 aliphatic carbocycles. The minimum Gasteiger partial charge on any atom is -0.480 e. The summed E-state index contributed by atoms with van der Waals surface area (Å²) < 4.78 is 4.61. The van der Waals surface area contributed by atoms with Gasteiger partial charge in [0.2, 0.25) is 0 Å². The first kappa shape index (κ1) is 11.9. The number of nitrogens with two attached hydrogens (primary N) is 1. The molecule has 0 bridgehead atoms. The van der Waals surface area contributed by atoms with Crippen molar-refractivity contribution in [2.24, 2.45) is 5.73 Å². The SMILES string of the molecule is CCOC(=O)C[C@@](N)(CC)C(=O)O. The molecule has 3 N–H and O–H groups in total. The molecular formula is C8H15NO4. The van der Waals surface area contributed by atoms with Crippen LogP contribution >= 0.6 is 0 Å². The third-order valence-electron chi connectivity index (χ3n) is 1.82. The van der Waals surface area contributed by atoms with Gasteiger partial charge >= 0.3 is 11.9 Å². The summed E-state index contributed by atoms with van der Waals surface area (Å²) in [4.78, 5) is 21.6. The van der Waals surface area contributed by atoms with Crippen LogP contribution < -0.4 is 5.73 Å². The molecule has 1 atom stereocenters. The van der Waals surface area contributed by atoms with Crippen LogP contribution in [0.2, 0.25) is 0 Å². The second-order valence-electron chi connectivity index (χ2n) is 2.80. The fourth-order valence-corrected chi connectivity index (χ4v) is 0.821. The first-order valence-electron chi connectivity index (χ1n) is 4.14. The van der Waals surface area contributed by atoms with E-state index in [0.29, 0.717) is 0 Å². The van der Waals surface area contributed by atoms with Crippen LogP contribution in [-0.2, 0) is 14.3 Å². The number of carboxylic acids is 1. The lowest BCUT2D eigenvalue weighted by atomic mass is 9.94. The zero-order valence-corrected chi connectivity index (χ0v) is 7.87. The monoisotopic (exact) mass is 189 g/mol. The quantitative estimate of drug-likeness (QED) is 0.600. The van der Waals surface area contributed by atoms with E-state index >= 15 is 0 Å². The number of hydrogen-bond acceptors (Lipinski definition) is 4. The number of carbonyl (C=O) groups excluding carboxylic acids is 1. The lowest BCUT2D eigenvalue weighted by molar-refractivity contribution is -0.152. The van der Waals surface area contributed by atoms with Crippen molar-refractivity contribution in [2.75, 3.05) is 6.61 Å². The molecule has 13 heavy (non-hydrogen) atoms. The smallest absolute Gasteiger partial charge is 0.324 e. The Morgan fingerprint density at radius 1 is 1.46 bits per heavy atom. The average Bonchev–Trinajstić information content (AvgIpc) is 2.04. The predicted octanol–water partition coefficient (Wildman–Crippen LogP) is 0.132. The number of aliphatic carboxylic acids is 1. The van der Waals surface area contributed by atoms with Gasteiger partial charge in [-0.3, -0.25) is 9.59 Å². The standard InChI is InChI=1S/C8H15NO4/c1-3-8(9,7(11)12)5-6(10)13-4-2/h3-5,9H2,1-2H3,(H,11,12)/t8-/m0/s1. The maximum absolute atomic E-state index is 11.0. The largest absolute Gasteiger partial charge is 0.480 e. The van der Waals surface area contributed by atoms with Crippen LogP contribution in [0.5, 0.6) is 0 Å². The fraction of sp³-hybridized carbons (Fsp3) is 0.750. The van der Waals surface area contributed by atoms with Crippen LogP contribution in [0, 0.1) is 0 Å². The molecule has 0 radical (unpaired) electrons. The molecule has 0 aromatic rings. The van der Waals surface area contributed by atoms with Gasteiger partial charge in [-0.2, -0.15) is 0 Å². The summed E-state index contributed by atoms with van der Waals surface area (Å²) in [5.41, 5.74) is 3.98. The summed E-state index contributed by atoms with van der Waals surface area (Å²) in [7, 11) is 0. The molecule has 0 aromatic heterocycles. The highest BCUT2D eigenvalue weighted by atomic mass is 16.5. The van der Waals surface area contributed by atoms with Crippen molar-refractivity contribution in [1.82, 2.24) is 0 Å². The maximum atomic E-state index is 11.0. The number of carbonyl (C=O) groups is 2. The number of esters is 1. The highest BCUT2D eigenvalue weighted by Gasteiger charge is 2.35. The zero-order valence-electron chi connectivity index (χ0n) is 7.87. The first-order valence-corrected chi connectivity index (χ1v) is 4.14. The van der Waals surface area contributed by atoms with Gasteiger partial charge in [0.25, 0.3) is 0 Å². The van der Waals surface area contributed by atoms with Crippen molar-refractivity contribution in [1.29, 1.82) is 0 Å². The minimum absolute atomic E-state index is 0.196. The Balaban J connectivity index is 4.27. The summed E-state index contributed by atoms with van der Waals surface area (Å²) in [5.74, 6) is -1.75. The van der Waals surface area contributed by atoms with Crippen LogP contribution in [0.4, 0.5) is 0 Å². The van der Waals surface area contributed by atoms with Crippen molar-refractivity contribution in [3.05, 3.63) is 0 Å². The lowest BCUT2D eigenvalue weighted by Crippen LogP contribution is -2.49. The lowest BCUT2D eigenvalue weighted by Gasteiger charge is -2.21. The molecule has 0 aliphatic rings. The molecule has 0 aromatic carbocycles. The third kappa shape index (κ3) is 3.42. The Morgan fingerprint density at radius 2 is 2.00 bits per heavy atom. The molecule has 0 unspecified atom stereocenters. The summed E-state index contributed by atoms with van der Waals surface area (Å²) in [5, 5.41) is 8.72. The van der Waals surface area contributed by atoms with Crippen molar-refractivity contribution < 1.29 is 19.4 Å². The maximum Gasteiger partial charge on any atom is 0.324 e. The summed E-state index contributed by atoms with van der Waals surface area (Å²) in [6, 6.07) is 0. The number of hydrogen-bond donors (Lipinski definition) is 2. The molecule has 76 valence electrons. The minimum atomic E-state index is -1.49. The van der Waals surface area contributed by atoms with Crippen molar-refractivity contribution in [2.45, 2.75) is 32.2 Å². The molecule has 0 spiro atoms. The average molecular weight is 189 g/mol. The van der Waals surface area contributed by atoms with Crippen LogP contribution in [0.1, 0.15) is 26.7 Å². The molecule has 0 saturated heterocycles. The fourth-order valence-electron chi connectivity index (χ4n) is 0.821. The van der Waals surface area contributed by atoms with Crippen LogP contribution in [0.3, 0.4) is 0 Å². The van der Waals surface area contributed by atoms with Gasteiger partial charge < -0.3 is 15.6 Å². The van der Waals surface area contributed by atoms with Crippen molar-refractivity contribution in [3.63, 3.8) is 0 Å². The third-order valence-corrected chi connectivity index (χ3v) is 1.82. The molecule has 0 aliphatic heterocycles. The van der Waals surface area contributed by atoms with Gasteiger partial charge in [-0.1, -0.05) is 6.92 Å². The second kappa shape index (κ2) is 4.81. The molecular weight excluding hydrogens is 174 g/mol. The Bertz CT molecular complexity index is 204. The Hall–Kier alpha value is -1.10.